The molecule has 2 heterocycles. The Hall–Kier alpha value is -3.00. The second-order valence-corrected chi connectivity index (χ2v) is 7.31. The van der Waals surface area contributed by atoms with Gasteiger partial charge in [0.2, 0.25) is 0 Å². The molecule has 0 saturated carbocycles. The predicted octanol–water partition coefficient (Wildman–Crippen LogP) is 4.67. The van der Waals surface area contributed by atoms with Crippen molar-refractivity contribution in [2.45, 2.75) is 26.1 Å². The third kappa shape index (κ3) is 10.4. The lowest BCUT2D eigenvalue weighted by atomic mass is 10.2. The summed E-state index contributed by atoms with van der Waals surface area (Å²) in [7, 11) is 3.07. The molecular weight excluding hydrogens is 424 g/mol. The van der Waals surface area contributed by atoms with E-state index in [2.05, 4.69) is 0 Å². The molecule has 0 aromatic heterocycles. The summed E-state index contributed by atoms with van der Waals surface area (Å²) in [6.07, 6.45) is 8.55. The van der Waals surface area contributed by atoms with Gasteiger partial charge in [-0.25, -0.2) is 0 Å². The largest absolute Gasteiger partial charge is 0.504 e. The van der Waals surface area contributed by atoms with Crippen LogP contribution in [0.25, 0.3) is 12.2 Å². The molecule has 2 unspecified atom stereocenters. The van der Waals surface area contributed by atoms with Crippen LogP contribution in [-0.4, -0.2) is 63.1 Å². The highest BCUT2D eigenvalue weighted by atomic mass is 16.6. The molecule has 0 spiro atoms. The molecule has 2 N–H and O–H groups in total. The highest BCUT2D eigenvalue weighted by Gasteiger charge is 2.26. The van der Waals surface area contributed by atoms with E-state index in [1.165, 1.54) is 14.2 Å². The van der Waals surface area contributed by atoms with Crippen molar-refractivity contribution in [2.24, 2.45) is 0 Å². The van der Waals surface area contributed by atoms with Gasteiger partial charge in [0.05, 0.1) is 40.6 Å². The molecule has 0 radical (unpaired) electrons. The number of hydrogen-bond donors (Lipinski definition) is 2. The molecule has 2 aliphatic heterocycles. The monoisotopic (exact) mass is 458 g/mol. The van der Waals surface area contributed by atoms with E-state index >= 15 is 0 Å². The van der Waals surface area contributed by atoms with Crippen molar-refractivity contribution in [1.82, 2.24) is 0 Å². The molecule has 2 saturated heterocycles. The Labute approximate surface area is 195 Å². The molecule has 2 aromatic rings. The standard InChI is InChI=1S/2C10H12O2.C6H10O3/c2*1-3-4-8-5-6-9(11)10(7-8)12-2;1(5-3-8-5)7-2-6-4-9-6/h2*3-7,11H,1-2H3;5-6H,1-4H2. The first-order valence-corrected chi connectivity index (χ1v) is 10.8. The van der Waals surface area contributed by atoms with Crippen molar-refractivity contribution in [1.29, 1.82) is 0 Å². The first kappa shape index (κ1) is 26.3. The molecule has 0 bridgehead atoms. The highest BCUT2D eigenvalue weighted by molar-refractivity contribution is 5.56. The maximum absolute atomic E-state index is 9.25. The molecule has 2 aromatic carbocycles. The average molecular weight is 459 g/mol. The van der Waals surface area contributed by atoms with Crippen LogP contribution in [0.1, 0.15) is 25.0 Å². The number of allylic oxidation sites excluding steroid dienone is 2. The summed E-state index contributed by atoms with van der Waals surface area (Å²) in [5.74, 6) is 1.35. The molecule has 0 aliphatic carbocycles. The fourth-order valence-electron chi connectivity index (χ4n) is 2.64. The van der Waals surface area contributed by atoms with Gasteiger partial charge in [-0.2, -0.15) is 0 Å². The number of epoxide rings is 2. The summed E-state index contributed by atoms with van der Waals surface area (Å²) in [6, 6.07) is 10.5. The van der Waals surface area contributed by atoms with Gasteiger partial charge in [-0.15, -0.1) is 0 Å². The Morgan fingerprint density at radius 3 is 1.48 bits per heavy atom. The van der Waals surface area contributed by atoms with Gasteiger partial charge in [0, 0.05) is 0 Å². The Morgan fingerprint density at radius 2 is 1.18 bits per heavy atom. The molecule has 4 rings (SSSR count). The van der Waals surface area contributed by atoms with Gasteiger partial charge in [-0.3, -0.25) is 0 Å². The van der Waals surface area contributed by atoms with Crippen molar-refractivity contribution < 1.29 is 33.9 Å². The zero-order valence-electron chi connectivity index (χ0n) is 19.7. The van der Waals surface area contributed by atoms with Crippen LogP contribution in [0.4, 0.5) is 0 Å². The third-order valence-corrected chi connectivity index (χ3v) is 4.54. The lowest BCUT2D eigenvalue weighted by molar-refractivity contribution is 0.102. The van der Waals surface area contributed by atoms with Gasteiger partial charge in [-0.05, 0) is 49.2 Å². The van der Waals surface area contributed by atoms with E-state index in [1.807, 2.05) is 50.3 Å². The molecule has 7 nitrogen and oxygen atoms in total. The summed E-state index contributed by atoms with van der Waals surface area (Å²) < 4.78 is 25.0. The summed E-state index contributed by atoms with van der Waals surface area (Å²) in [4.78, 5) is 0. The number of benzene rings is 2. The molecule has 7 heteroatoms. The number of hydrogen-bond acceptors (Lipinski definition) is 7. The van der Waals surface area contributed by atoms with E-state index in [0.717, 1.165) is 37.6 Å². The number of phenols is 2. The van der Waals surface area contributed by atoms with Crippen LogP contribution in [0.3, 0.4) is 0 Å². The minimum atomic E-state index is 0.172. The Bertz CT molecular complexity index is 826. The van der Waals surface area contributed by atoms with Gasteiger partial charge in [-0.1, -0.05) is 36.4 Å². The minimum Gasteiger partial charge on any atom is -0.504 e. The fraction of sp³-hybridized carbons (Fsp3) is 0.385. The van der Waals surface area contributed by atoms with Crippen molar-refractivity contribution in [3.8, 4) is 23.0 Å². The highest BCUT2D eigenvalue weighted by Crippen LogP contribution is 2.27. The van der Waals surface area contributed by atoms with E-state index in [0.29, 0.717) is 23.7 Å². The van der Waals surface area contributed by atoms with Crippen LogP contribution >= 0.6 is 0 Å². The van der Waals surface area contributed by atoms with Gasteiger partial charge < -0.3 is 33.9 Å². The van der Waals surface area contributed by atoms with E-state index in [-0.39, 0.29) is 11.5 Å². The number of aromatic hydroxyl groups is 2. The first-order chi connectivity index (χ1) is 16.0. The quantitative estimate of drug-likeness (QED) is 0.555. The lowest BCUT2D eigenvalue weighted by Gasteiger charge is -2.03. The summed E-state index contributed by atoms with van der Waals surface area (Å²) >= 11 is 0. The molecule has 2 atom stereocenters. The molecule has 2 aliphatic rings. The summed E-state index contributed by atoms with van der Waals surface area (Å²) in [5, 5.41) is 18.5. The van der Waals surface area contributed by atoms with Crippen LogP contribution in [0, 0.1) is 0 Å². The number of methoxy groups -OCH3 is 2. The zero-order chi connectivity index (χ0) is 24.1. The van der Waals surface area contributed by atoms with Gasteiger partial charge >= 0.3 is 0 Å². The number of rotatable bonds is 8. The maximum atomic E-state index is 9.25. The Balaban J connectivity index is 0.000000177. The molecule has 0 amide bonds. The van der Waals surface area contributed by atoms with Gasteiger partial charge in [0.15, 0.2) is 23.0 Å². The van der Waals surface area contributed by atoms with Crippen molar-refractivity contribution in [3.63, 3.8) is 0 Å². The van der Waals surface area contributed by atoms with E-state index in [9.17, 15) is 10.2 Å². The van der Waals surface area contributed by atoms with Crippen LogP contribution in [-0.2, 0) is 14.2 Å². The predicted molar refractivity (Wildman–Crippen MR) is 129 cm³/mol. The second kappa shape index (κ2) is 14.2. The van der Waals surface area contributed by atoms with Crippen LogP contribution in [0.2, 0.25) is 0 Å². The minimum absolute atomic E-state index is 0.172. The third-order valence-electron chi connectivity index (χ3n) is 4.54. The fourth-order valence-corrected chi connectivity index (χ4v) is 2.64. The van der Waals surface area contributed by atoms with Gasteiger partial charge in [0.25, 0.3) is 0 Å². The topological polar surface area (TPSA) is 93.2 Å². The molecular formula is C26H34O7. The van der Waals surface area contributed by atoms with Crippen molar-refractivity contribution in [2.75, 3.05) is 40.6 Å². The molecule has 2 fully saturated rings. The molecule has 180 valence electrons. The smallest absolute Gasteiger partial charge is 0.161 e. The van der Waals surface area contributed by atoms with Crippen LogP contribution in [0.5, 0.6) is 23.0 Å². The zero-order valence-corrected chi connectivity index (χ0v) is 19.7. The average Bonchev–Trinajstić information content (AvgIpc) is 3.74. The van der Waals surface area contributed by atoms with E-state index < -0.39 is 0 Å². The number of ether oxygens (including phenoxy) is 5. The van der Waals surface area contributed by atoms with E-state index in [4.69, 9.17) is 23.7 Å². The van der Waals surface area contributed by atoms with E-state index in [1.54, 1.807) is 24.3 Å². The lowest BCUT2D eigenvalue weighted by Crippen LogP contribution is -2.06. The summed E-state index contributed by atoms with van der Waals surface area (Å²) in [6.45, 7) is 7.15. The SMILES string of the molecule is C(OCC1CO1)C1CO1.CC=Cc1ccc(O)c(OC)c1.CC=Cc1ccc(O)c(OC)c1. The Morgan fingerprint density at radius 1 is 0.788 bits per heavy atom. The second-order valence-electron chi connectivity index (χ2n) is 7.31. The number of phenolic OH excluding ortho intramolecular Hbond substituents is 2. The first-order valence-electron chi connectivity index (χ1n) is 10.8. The normalized spacial score (nSPS) is 18.2. The van der Waals surface area contributed by atoms with Crippen LogP contribution < -0.4 is 9.47 Å². The molecule has 33 heavy (non-hydrogen) atoms. The van der Waals surface area contributed by atoms with Crippen LogP contribution in [0.15, 0.2) is 48.6 Å². The van der Waals surface area contributed by atoms with Gasteiger partial charge in [0.1, 0.15) is 12.2 Å². The Kier molecular flexibility index (Phi) is 11.3. The maximum Gasteiger partial charge on any atom is 0.161 e. The van der Waals surface area contributed by atoms with Crippen molar-refractivity contribution >= 4 is 12.2 Å². The van der Waals surface area contributed by atoms with Crippen molar-refractivity contribution in [3.05, 3.63) is 59.7 Å². The summed E-state index contributed by atoms with van der Waals surface area (Å²) in [5.41, 5.74) is 2.04.